The minimum absolute atomic E-state index is 0.0568. The van der Waals surface area contributed by atoms with E-state index in [-0.39, 0.29) is 29.7 Å². The molecule has 1 amide bonds. The summed E-state index contributed by atoms with van der Waals surface area (Å²) in [5, 5.41) is 3.86. The number of carbonyl (C=O) groups is 1. The van der Waals surface area contributed by atoms with Crippen molar-refractivity contribution in [1.82, 2.24) is 14.5 Å². The van der Waals surface area contributed by atoms with E-state index in [2.05, 4.69) is 20.0 Å². The SMILES string of the molecule is Cc1sc(NC(=O)CCc2nc3ccccc3c(=O)n2C2CC2)nc1-c1ccc(OC(F)F)cc1. The van der Waals surface area contributed by atoms with Gasteiger partial charge in [-0.15, -0.1) is 11.3 Å². The zero-order valence-electron chi connectivity index (χ0n) is 18.8. The number of carbonyl (C=O) groups excluding carboxylic acids is 1. The fraction of sp³-hybridized carbons (Fsp3) is 0.280. The van der Waals surface area contributed by atoms with E-state index in [1.165, 1.54) is 23.5 Å². The fourth-order valence-corrected chi connectivity index (χ4v) is 4.85. The van der Waals surface area contributed by atoms with Gasteiger partial charge in [-0.1, -0.05) is 12.1 Å². The summed E-state index contributed by atoms with van der Waals surface area (Å²) in [6.45, 7) is -1.01. The average molecular weight is 497 g/mol. The van der Waals surface area contributed by atoms with Gasteiger partial charge in [0, 0.05) is 29.3 Å². The number of nitrogens with zero attached hydrogens (tertiary/aromatic N) is 3. The van der Waals surface area contributed by atoms with Crippen molar-refractivity contribution in [1.29, 1.82) is 0 Å². The molecule has 180 valence electrons. The highest BCUT2D eigenvalue weighted by molar-refractivity contribution is 7.16. The third-order valence-corrected chi connectivity index (χ3v) is 6.65. The van der Waals surface area contributed by atoms with Crippen LogP contribution in [0.1, 0.15) is 36.0 Å². The van der Waals surface area contributed by atoms with E-state index in [1.54, 1.807) is 22.8 Å². The second kappa shape index (κ2) is 9.53. The van der Waals surface area contributed by atoms with Crippen molar-refractivity contribution >= 4 is 33.3 Å². The van der Waals surface area contributed by atoms with Gasteiger partial charge in [0.1, 0.15) is 11.6 Å². The first kappa shape index (κ1) is 23.1. The largest absolute Gasteiger partial charge is 0.435 e. The lowest BCUT2D eigenvalue weighted by molar-refractivity contribution is -0.116. The number of anilines is 1. The lowest BCUT2D eigenvalue weighted by Crippen LogP contribution is -2.25. The maximum Gasteiger partial charge on any atom is 0.387 e. The summed E-state index contributed by atoms with van der Waals surface area (Å²) in [5.74, 6) is 0.460. The molecule has 1 aliphatic carbocycles. The Labute approximate surface area is 203 Å². The number of amides is 1. The number of thiazole rings is 1. The van der Waals surface area contributed by atoms with Crippen LogP contribution in [-0.4, -0.2) is 27.1 Å². The lowest BCUT2D eigenvalue weighted by atomic mass is 10.1. The van der Waals surface area contributed by atoms with Crippen molar-refractivity contribution in [3.63, 3.8) is 0 Å². The van der Waals surface area contributed by atoms with Crippen molar-refractivity contribution in [3.05, 3.63) is 69.6 Å². The van der Waals surface area contributed by atoms with Gasteiger partial charge in [-0.3, -0.25) is 14.2 Å². The van der Waals surface area contributed by atoms with E-state index in [0.717, 1.165) is 23.3 Å². The van der Waals surface area contributed by atoms with Crippen molar-refractivity contribution < 1.29 is 18.3 Å². The molecule has 0 radical (unpaired) electrons. The fourth-order valence-electron chi connectivity index (χ4n) is 4.00. The number of aryl methyl sites for hydroxylation is 2. The molecule has 0 bridgehead atoms. The smallest absolute Gasteiger partial charge is 0.387 e. The third-order valence-electron chi connectivity index (χ3n) is 5.76. The number of fused-ring (bicyclic) bond motifs is 1. The van der Waals surface area contributed by atoms with Crippen LogP contribution in [0.5, 0.6) is 5.75 Å². The van der Waals surface area contributed by atoms with Crippen LogP contribution in [0.15, 0.2) is 53.3 Å². The van der Waals surface area contributed by atoms with Crippen LogP contribution >= 0.6 is 11.3 Å². The number of benzene rings is 2. The number of nitrogens with one attached hydrogen (secondary N) is 1. The van der Waals surface area contributed by atoms with Gasteiger partial charge in [-0.25, -0.2) is 9.97 Å². The second-order valence-electron chi connectivity index (χ2n) is 8.33. The topological polar surface area (TPSA) is 86.1 Å². The van der Waals surface area contributed by atoms with Crippen molar-refractivity contribution in [3.8, 4) is 17.0 Å². The van der Waals surface area contributed by atoms with E-state index in [4.69, 9.17) is 0 Å². The summed E-state index contributed by atoms with van der Waals surface area (Å²) in [5.41, 5.74) is 1.97. The van der Waals surface area contributed by atoms with Gasteiger partial charge >= 0.3 is 6.61 Å². The monoisotopic (exact) mass is 496 g/mol. The summed E-state index contributed by atoms with van der Waals surface area (Å²) in [6.07, 6.45) is 2.38. The first-order chi connectivity index (χ1) is 16.9. The second-order valence-corrected chi connectivity index (χ2v) is 9.53. The van der Waals surface area contributed by atoms with E-state index < -0.39 is 6.61 Å². The Bertz CT molecular complexity index is 1450. The first-order valence-electron chi connectivity index (χ1n) is 11.2. The Hall–Kier alpha value is -3.66. The number of hydrogen-bond acceptors (Lipinski definition) is 6. The molecule has 0 unspecified atom stereocenters. The molecule has 0 atom stereocenters. The van der Waals surface area contributed by atoms with Crippen molar-refractivity contribution in [2.45, 2.75) is 45.3 Å². The maximum atomic E-state index is 13.0. The lowest BCUT2D eigenvalue weighted by Gasteiger charge is -2.12. The zero-order valence-corrected chi connectivity index (χ0v) is 19.6. The summed E-state index contributed by atoms with van der Waals surface area (Å²) in [6, 6.07) is 13.6. The maximum absolute atomic E-state index is 13.0. The molecular weight excluding hydrogens is 474 g/mol. The van der Waals surface area contributed by atoms with Gasteiger partial charge in [-0.2, -0.15) is 8.78 Å². The number of hydrogen-bond donors (Lipinski definition) is 1. The molecule has 5 rings (SSSR count). The Kier molecular flexibility index (Phi) is 6.29. The third kappa shape index (κ3) is 5.07. The summed E-state index contributed by atoms with van der Waals surface area (Å²) in [4.78, 5) is 35.7. The molecule has 1 N–H and O–H groups in total. The minimum Gasteiger partial charge on any atom is -0.435 e. The molecule has 2 heterocycles. The van der Waals surface area contributed by atoms with E-state index >= 15 is 0 Å². The van der Waals surface area contributed by atoms with Gasteiger partial charge in [0.2, 0.25) is 5.91 Å². The van der Waals surface area contributed by atoms with Crippen LogP contribution in [0.25, 0.3) is 22.2 Å². The van der Waals surface area contributed by atoms with E-state index in [0.29, 0.717) is 34.0 Å². The molecule has 1 saturated carbocycles. The van der Waals surface area contributed by atoms with Gasteiger partial charge in [0.15, 0.2) is 5.13 Å². The van der Waals surface area contributed by atoms with Gasteiger partial charge in [0.05, 0.1) is 16.6 Å². The minimum atomic E-state index is -2.88. The highest BCUT2D eigenvalue weighted by atomic mass is 32.1. The number of rotatable bonds is 8. The Morgan fingerprint density at radius 2 is 1.91 bits per heavy atom. The Morgan fingerprint density at radius 3 is 2.63 bits per heavy atom. The average Bonchev–Trinajstić information content (AvgIpc) is 3.60. The molecule has 0 spiro atoms. The van der Waals surface area contributed by atoms with Crippen LogP contribution in [0.2, 0.25) is 0 Å². The molecule has 4 aromatic rings. The highest BCUT2D eigenvalue weighted by Crippen LogP contribution is 2.35. The molecule has 2 aromatic carbocycles. The number of aromatic nitrogens is 3. The molecule has 7 nitrogen and oxygen atoms in total. The first-order valence-corrected chi connectivity index (χ1v) is 12.0. The van der Waals surface area contributed by atoms with Crippen LogP contribution in [-0.2, 0) is 11.2 Å². The molecular formula is C25H22F2N4O3S. The van der Waals surface area contributed by atoms with Gasteiger partial charge < -0.3 is 10.1 Å². The number of ether oxygens (including phenoxy) is 1. The quantitative estimate of drug-likeness (QED) is 0.356. The molecule has 0 saturated heterocycles. The van der Waals surface area contributed by atoms with Gasteiger partial charge in [0.25, 0.3) is 5.56 Å². The standard InChI is InChI=1S/C25H22F2N4O3S/c1-14-22(15-6-10-17(11-7-15)34-24(26)27)30-25(35-14)29-21(32)13-12-20-28-19-5-3-2-4-18(19)23(33)31(20)16-8-9-16/h2-7,10-11,16,24H,8-9,12-13H2,1H3,(H,29,30,32). The number of halogens is 2. The van der Waals surface area contributed by atoms with Crippen LogP contribution in [0.3, 0.4) is 0 Å². The van der Waals surface area contributed by atoms with Gasteiger partial charge in [-0.05, 0) is 56.2 Å². The van der Waals surface area contributed by atoms with Crippen LogP contribution < -0.4 is 15.6 Å². The molecule has 10 heteroatoms. The number of alkyl halides is 2. The van der Waals surface area contributed by atoms with Crippen molar-refractivity contribution in [2.75, 3.05) is 5.32 Å². The Morgan fingerprint density at radius 1 is 1.17 bits per heavy atom. The normalized spacial score (nSPS) is 13.4. The highest BCUT2D eigenvalue weighted by Gasteiger charge is 2.28. The molecule has 0 aliphatic heterocycles. The van der Waals surface area contributed by atoms with Crippen LogP contribution in [0.4, 0.5) is 13.9 Å². The molecule has 1 fully saturated rings. The predicted molar refractivity (Wildman–Crippen MR) is 130 cm³/mol. The Balaban J connectivity index is 1.28. The van der Waals surface area contributed by atoms with Crippen molar-refractivity contribution in [2.24, 2.45) is 0 Å². The van der Waals surface area contributed by atoms with E-state index in [9.17, 15) is 18.4 Å². The molecule has 2 aromatic heterocycles. The summed E-state index contributed by atoms with van der Waals surface area (Å²) >= 11 is 1.33. The zero-order chi connectivity index (χ0) is 24.5. The van der Waals surface area contributed by atoms with Crippen LogP contribution in [0, 0.1) is 6.92 Å². The predicted octanol–water partition coefficient (Wildman–Crippen LogP) is 5.34. The summed E-state index contributed by atoms with van der Waals surface area (Å²) in [7, 11) is 0. The van der Waals surface area contributed by atoms with E-state index in [1.807, 2.05) is 25.1 Å². The number of para-hydroxylation sites is 1. The molecule has 35 heavy (non-hydrogen) atoms. The molecule has 1 aliphatic rings. The summed E-state index contributed by atoms with van der Waals surface area (Å²) < 4.78 is 30.8.